The van der Waals surface area contributed by atoms with Crippen LogP contribution in [0.1, 0.15) is 18.3 Å². The number of benzene rings is 1. The normalized spacial score (nSPS) is 12.9. The van der Waals surface area contributed by atoms with Gasteiger partial charge in [0, 0.05) is 13.0 Å². The summed E-state index contributed by atoms with van der Waals surface area (Å²) in [7, 11) is 0. The number of rotatable bonds is 3. The van der Waals surface area contributed by atoms with Gasteiger partial charge in [-0.2, -0.15) is 5.10 Å². The number of hydrogen-bond acceptors (Lipinski definition) is 4. The average molecular weight is 247 g/mol. The second-order valence-corrected chi connectivity index (χ2v) is 4.05. The lowest BCUT2D eigenvalue weighted by molar-refractivity contribution is 0.174. The van der Waals surface area contributed by atoms with Crippen LogP contribution in [0.4, 0.5) is 0 Å². The van der Waals surface area contributed by atoms with Gasteiger partial charge in [0.05, 0.1) is 0 Å². The molecule has 0 unspecified atom stereocenters. The first-order valence-corrected chi connectivity index (χ1v) is 5.80. The van der Waals surface area contributed by atoms with Gasteiger partial charge in [-0.15, -0.1) is 0 Å². The summed E-state index contributed by atoms with van der Waals surface area (Å²) >= 11 is 0. The van der Waals surface area contributed by atoms with Crippen molar-refractivity contribution in [2.45, 2.75) is 19.9 Å². The topological polar surface area (TPSA) is 69.1 Å². The number of hydrogen-bond donors (Lipinski definition) is 1. The van der Waals surface area contributed by atoms with Gasteiger partial charge < -0.3 is 9.47 Å². The summed E-state index contributed by atoms with van der Waals surface area (Å²) in [5, 5.41) is 6.49. The molecule has 1 aromatic carbocycles. The van der Waals surface area contributed by atoms with E-state index >= 15 is 0 Å². The molecule has 2 heterocycles. The fourth-order valence-corrected chi connectivity index (χ4v) is 2.04. The largest absolute Gasteiger partial charge is 0.454 e. The Morgan fingerprint density at radius 1 is 1.39 bits per heavy atom. The Bertz CT molecular complexity index is 630. The van der Waals surface area contributed by atoms with Crippen LogP contribution in [0, 0.1) is 0 Å². The molecule has 1 N–H and O–H groups in total. The van der Waals surface area contributed by atoms with Crippen molar-refractivity contribution in [2.75, 3.05) is 6.79 Å². The molecule has 94 valence electrons. The van der Waals surface area contributed by atoms with Crippen LogP contribution < -0.4 is 15.2 Å². The van der Waals surface area contributed by atoms with E-state index in [1.807, 2.05) is 25.1 Å². The van der Waals surface area contributed by atoms with Gasteiger partial charge in [-0.05, 0) is 24.6 Å². The maximum Gasteiger partial charge on any atom is 0.343 e. The molecule has 0 amide bonds. The maximum absolute atomic E-state index is 11.4. The van der Waals surface area contributed by atoms with Crippen molar-refractivity contribution < 1.29 is 9.47 Å². The van der Waals surface area contributed by atoms with Crippen LogP contribution >= 0.6 is 0 Å². The molecule has 0 radical (unpaired) electrons. The fourth-order valence-electron chi connectivity index (χ4n) is 2.04. The second-order valence-electron chi connectivity index (χ2n) is 4.05. The Balaban J connectivity index is 1.90. The fraction of sp³-hybridized carbons (Fsp3) is 0.333. The predicted octanol–water partition coefficient (Wildman–Crippen LogP) is 0.911. The molecule has 3 rings (SSSR count). The molecule has 0 atom stereocenters. The van der Waals surface area contributed by atoms with E-state index in [-0.39, 0.29) is 12.5 Å². The molecule has 1 aromatic heterocycles. The third-order valence-electron chi connectivity index (χ3n) is 2.95. The summed E-state index contributed by atoms with van der Waals surface area (Å²) in [5.74, 6) is 2.23. The number of aromatic nitrogens is 3. The molecular weight excluding hydrogens is 234 g/mol. The number of fused-ring (bicyclic) bond motifs is 1. The third kappa shape index (κ3) is 1.75. The highest BCUT2D eigenvalue weighted by atomic mass is 16.7. The molecular formula is C12H13N3O3. The number of nitrogens with one attached hydrogen (secondary N) is 1. The Kier molecular flexibility index (Phi) is 2.55. The summed E-state index contributed by atoms with van der Waals surface area (Å²) in [4.78, 5) is 11.4. The van der Waals surface area contributed by atoms with Crippen LogP contribution in [-0.4, -0.2) is 21.6 Å². The number of ether oxygens (including phenoxy) is 2. The average Bonchev–Trinajstić information content (AvgIpc) is 2.96. The Morgan fingerprint density at radius 3 is 3.06 bits per heavy atom. The summed E-state index contributed by atoms with van der Waals surface area (Å²) in [6, 6.07) is 5.74. The van der Waals surface area contributed by atoms with Gasteiger partial charge in [-0.25, -0.2) is 9.89 Å². The predicted molar refractivity (Wildman–Crippen MR) is 63.9 cm³/mol. The lowest BCUT2D eigenvalue weighted by atomic mass is 10.1. The summed E-state index contributed by atoms with van der Waals surface area (Å²) in [6.07, 6.45) is 0.587. The van der Waals surface area contributed by atoms with Crippen molar-refractivity contribution in [1.82, 2.24) is 14.8 Å². The highest BCUT2D eigenvalue weighted by molar-refractivity contribution is 5.45. The lowest BCUT2D eigenvalue weighted by Gasteiger charge is -2.04. The van der Waals surface area contributed by atoms with Gasteiger partial charge in [0.1, 0.15) is 5.82 Å². The third-order valence-corrected chi connectivity index (χ3v) is 2.95. The van der Waals surface area contributed by atoms with E-state index in [0.717, 1.165) is 22.9 Å². The van der Waals surface area contributed by atoms with Gasteiger partial charge in [-0.3, -0.25) is 4.57 Å². The van der Waals surface area contributed by atoms with E-state index in [2.05, 4.69) is 10.2 Å². The Hall–Kier alpha value is -2.24. The van der Waals surface area contributed by atoms with Crippen molar-refractivity contribution in [1.29, 1.82) is 0 Å². The SMILES string of the molecule is CCn1c(Cc2ccc3c(c2)OCO3)n[nH]c1=O. The molecule has 18 heavy (non-hydrogen) atoms. The van der Waals surface area contributed by atoms with Crippen molar-refractivity contribution >= 4 is 0 Å². The molecule has 1 aliphatic heterocycles. The van der Waals surface area contributed by atoms with Gasteiger partial charge in [-0.1, -0.05) is 6.07 Å². The quantitative estimate of drug-likeness (QED) is 0.875. The minimum absolute atomic E-state index is 0.173. The molecule has 0 saturated carbocycles. The summed E-state index contributed by atoms with van der Waals surface area (Å²) in [6.45, 7) is 2.79. The number of H-pyrrole nitrogens is 1. The van der Waals surface area contributed by atoms with E-state index in [4.69, 9.17) is 9.47 Å². The summed E-state index contributed by atoms with van der Waals surface area (Å²) < 4.78 is 12.2. The number of aromatic amines is 1. The lowest BCUT2D eigenvalue weighted by Crippen LogP contribution is -2.17. The van der Waals surface area contributed by atoms with Crippen molar-refractivity contribution in [3.8, 4) is 11.5 Å². The molecule has 0 aliphatic carbocycles. The molecule has 0 bridgehead atoms. The van der Waals surface area contributed by atoms with Gasteiger partial charge in [0.2, 0.25) is 6.79 Å². The van der Waals surface area contributed by atoms with Crippen LogP contribution in [0.5, 0.6) is 11.5 Å². The maximum atomic E-state index is 11.4. The molecule has 6 nitrogen and oxygen atoms in total. The standard InChI is InChI=1S/C12H13N3O3/c1-2-15-11(13-14-12(15)16)6-8-3-4-9-10(5-8)18-7-17-9/h3-5H,2,6-7H2,1H3,(H,14,16). The first kappa shape index (κ1) is 10.9. The minimum Gasteiger partial charge on any atom is -0.454 e. The summed E-state index contributed by atoms with van der Waals surface area (Å²) in [5.41, 5.74) is 0.862. The van der Waals surface area contributed by atoms with Gasteiger partial charge in [0.25, 0.3) is 0 Å². The first-order chi connectivity index (χ1) is 8.78. The Labute approximate surface area is 103 Å². The van der Waals surface area contributed by atoms with Gasteiger partial charge >= 0.3 is 5.69 Å². The van der Waals surface area contributed by atoms with E-state index in [1.54, 1.807) is 4.57 Å². The second kappa shape index (κ2) is 4.21. The van der Waals surface area contributed by atoms with E-state index in [1.165, 1.54) is 0 Å². The van der Waals surface area contributed by atoms with Crippen molar-refractivity contribution in [3.63, 3.8) is 0 Å². The zero-order valence-electron chi connectivity index (χ0n) is 9.97. The zero-order valence-corrected chi connectivity index (χ0v) is 9.97. The van der Waals surface area contributed by atoms with Crippen molar-refractivity contribution in [3.05, 3.63) is 40.1 Å². The first-order valence-electron chi connectivity index (χ1n) is 5.80. The van der Waals surface area contributed by atoms with Crippen molar-refractivity contribution in [2.24, 2.45) is 0 Å². The molecule has 0 spiro atoms. The highest BCUT2D eigenvalue weighted by Crippen LogP contribution is 2.32. The van der Waals surface area contributed by atoms with Gasteiger partial charge in [0.15, 0.2) is 11.5 Å². The molecule has 0 saturated heterocycles. The number of nitrogens with zero attached hydrogens (tertiary/aromatic N) is 2. The monoisotopic (exact) mass is 247 g/mol. The van der Waals surface area contributed by atoms with Crippen LogP contribution in [0.2, 0.25) is 0 Å². The molecule has 6 heteroatoms. The Morgan fingerprint density at radius 2 is 2.22 bits per heavy atom. The van der Waals surface area contributed by atoms with E-state index in [0.29, 0.717) is 13.0 Å². The van der Waals surface area contributed by atoms with E-state index < -0.39 is 0 Å². The van der Waals surface area contributed by atoms with Crippen LogP contribution in [-0.2, 0) is 13.0 Å². The molecule has 0 fully saturated rings. The van der Waals surface area contributed by atoms with Crippen LogP contribution in [0.15, 0.2) is 23.0 Å². The minimum atomic E-state index is -0.173. The molecule has 2 aromatic rings. The van der Waals surface area contributed by atoms with E-state index in [9.17, 15) is 4.79 Å². The smallest absolute Gasteiger partial charge is 0.343 e. The van der Waals surface area contributed by atoms with Crippen LogP contribution in [0.3, 0.4) is 0 Å². The van der Waals surface area contributed by atoms with Crippen LogP contribution in [0.25, 0.3) is 0 Å². The highest BCUT2D eigenvalue weighted by Gasteiger charge is 2.14. The molecule has 1 aliphatic rings. The zero-order chi connectivity index (χ0) is 12.5.